The van der Waals surface area contributed by atoms with Crippen LogP contribution in [0.15, 0.2) is 24.7 Å². The molecule has 0 bridgehead atoms. The number of aromatic nitrogens is 5. The Balaban J connectivity index is 2.26. The van der Waals surface area contributed by atoms with Crippen molar-refractivity contribution in [1.82, 2.24) is 24.9 Å². The average Bonchev–Trinajstić information content (AvgIpc) is 2.87. The van der Waals surface area contributed by atoms with Gasteiger partial charge in [0.05, 0.1) is 18.5 Å². The van der Waals surface area contributed by atoms with Crippen molar-refractivity contribution in [3.8, 4) is 17.1 Å². The molecular formula is C12H10ClN5O. The van der Waals surface area contributed by atoms with Gasteiger partial charge in [-0.05, 0) is 30.7 Å². The van der Waals surface area contributed by atoms with Crippen molar-refractivity contribution in [3.63, 3.8) is 0 Å². The largest absolute Gasteiger partial charge is 0.477 e. The fourth-order valence-corrected chi connectivity index (χ4v) is 1.99. The van der Waals surface area contributed by atoms with Crippen LogP contribution in [0.2, 0.25) is 5.28 Å². The van der Waals surface area contributed by atoms with Crippen molar-refractivity contribution in [2.75, 3.05) is 6.61 Å². The Labute approximate surface area is 113 Å². The van der Waals surface area contributed by atoms with Crippen LogP contribution in [0.1, 0.15) is 6.92 Å². The van der Waals surface area contributed by atoms with E-state index in [1.165, 1.54) is 0 Å². The number of ether oxygens (including phenoxy) is 1. The monoisotopic (exact) mass is 275 g/mol. The highest BCUT2D eigenvalue weighted by molar-refractivity contribution is 6.28. The number of rotatable bonds is 3. The zero-order chi connectivity index (χ0) is 13.2. The van der Waals surface area contributed by atoms with Crippen LogP contribution in [0.3, 0.4) is 0 Å². The first-order valence-corrected chi connectivity index (χ1v) is 6.12. The topological polar surface area (TPSA) is 76.6 Å². The number of nitrogens with zero attached hydrogens (tertiary/aromatic N) is 4. The number of imidazole rings is 1. The van der Waals surface area contributed by atoms with Gasteiger partial charge in [-0.2, -0.15) is 4.98 Å². The van der Waals surface area contributed by atoms with Crippen LogP contribution in [0, 0.1) is 0 Å². The number of nitrogens with one attached hydrogen (secondary N) is 1. The molecule has 0 saturated carbocycles. The maximum absolute atomic E-state index is 5.92. The molecule has 6 nitrogen and oxygen atoms in total. The molecule has 0 atom stereocenters. The lowest BCUT2D eigenvalue weighted by atomic mass is 10.2. The van der Waals surface area contributed by atoms with Gasteiger partial charge in [-0.25, -0.2) is 15.0 Å². The van der Waals surface area contributed by atoms with Crippen LogP contribution in [-0.4, -0.2) is 31.5 Å². The summed E-state index contributed by atoms with van der Waals surface area (Å²) in [6, 6.07) is 3.69. The van der Waals surface area contributed by atoms with E-state index in [0.29, 0.717) is 29.3 Å². The van der Waals surface area contributed by atoms with E-state index in [0.717, 1.165) is 5.56 Å². The van der Waals surface area contributed by atoms with Gasteiger partial charge in [0, 0.05) is 6.20 Å². The first-order chi connectivity index (χ1) is 9.29. The highest BCUT2D eigenvalue weighted by Crippen LogP contribution is 2.30. The number of hydrogen-bond donors (Lipinski definition) is 1. The third-order valence-electron chi connectivity index (χ3n) is 2.57. The Hall–Kier alpha value is -2.21. The fourth-order valence-electron chi connectivity index (χ4n) is 1.82. The van der Waals surface area contributed by atoms with E-state index in [2.05, 4.69) is 24.9 Å². The Kier molecular flexibility index (Phi) is 3.00. The molecule has 7 heteroatoms. The van der Waals surface area contributed by atoms with E-state index in [1.54, 1.807) is 12.5 Å². The zero-order valence-corrected chi connectivity index (χ0v) is 10.8. The van der Waals surface area contributed by atoms with Crippen LogP contribution < -0.4 is 4.74 Å². The van der Waals surface area contributed by atoms with Gasteiger partial charge in [-0.15, -0.1) is 0 Å². The summed E-state index contributed by atoms with van der Waals surface area (Å²) in [7, 11) is 0. The number of aromatic amines is 1. The maximum Gasteiger partial charge on any atom is 0.225 e. The molecule has 19 heavy (non-hydrogen) atoms. The van der Waals surface area contributed by atoms with Crippen molar-refractivity contribution in [3.05, 3.63) is 29.9 Å². The van der Waals surface area contributed by atoms with E-state index in [-0.39, 0.29) is 5.28 Å². The minimum atomic E-state index is 0.140. The molecule has 0 aliphatic carbocycles. The molecule has 0 saturated heterocycles. The normalized spacial score (nSPS) is 10.8. The highest BCUT2D eigenvalue weighted by Gasteiger charge is 2.15. The lowest BCUT2D eigenvalue weighted by Gasteiger charge is -2.08. The van der Waals surface area contributed by atoms with Crippen LogP contribution in [-0.2, 0) is 0 Å². The summed E-state index contributed by atoms with van der Waals surface area (Å²) in [6.45, 7) is 2.42. The van der Waals surface area contributed by atoms with Crippen molar-refractivity contribution in [1.29, 1.82) is 0 Å². The first-order valence-electron chi connectivity index (χ1n) is 5.74. The van der Waals surface area contributed by atoms with E-state index < -0.39 is 0 Å². The van der Waals surface area contributed by atoms with Gasteiger partial charge in [0.1, 0.15) is 11.2 Å². The molecular weight excluding hydrogens is 266 g/mol. The van der Waals surface area contributed by atoms with E-state index >= 15 is 0 Å². The van der Waals surface area contributed by atoms with E-state index in [9.17, 15) is 0 Å². The summed E-state index contributed by atoms with van der Waals surface area (Å²) in [5.74, 6) is 0.510. The molecule has 0 spiro atoms. The lowest BCUT2D eigenvalue weighted by Crippen LogP contribution is -1.98. The van der Waals surface area contributed by atoms with E-state index in [4.69, 9.17) is 16.3 Å². The molecule has 0 unspecified atom stereocenters. The molecule has 3 aromatic rings. The van der Waals surface area contributed by atoms with Crippen LogP contribution in [0.4, 0.5) is 0 Å². The van der Waals surface area contributed by atoms with Gasteiger partial charge in [0.25, 0.3) is 0 Å². The second kappa shape index (κ2) is 4.81. The third kappa shape index (κ3) is 2.10. The number of fused-ring (bicyclic) bond motifs is 1. The van der Waals surface area contributed by atoms with Crippen molar-refractivity contribution in [2.45, 2.75) is 6.92 Å². The second-order valence-corrected chi connectivity index (χ2v) is 4.07. The van der Waals surface area contributed by atoms with Gasteiger partial charge in [-0.1, -0.05) is 0 Å². The summed E-state index contributed by atoms with van der Waals surface area (Å²) < 4.78 is 5.51. The third-order valence-corrected chi connectivity index (χ3v) is 2.73. The molecule has 0 aliphatic rings. The zero-order valence-electron chi connectivity index (χ0n) is 10.1. The maximum atomic E-state index is 5.92. The highest BCUT2D eigenvalue weighted by atomic mass is 35.5. The molecule has 0 amide bonds. The SMILES string of the molecule is CCOc1ncccc1-c1nc(Cl)nc2nc[nH]c12. The quantitative estimate of drug-likeness (QED) is 0.743. The van der Waals surface area contributed by atoms with Gasteiger partial charge < -0.3 is 9.72 Å². The Morgan fingerprint density at radius 1 is 1.32 bits per heavy atom. The van der Waals surface area contributed by atoms with E-state index in [1.807, 2.05) is 19.1 Å². The summed E-state index contributed by atoms with van der Waals surface area (Å²) in [6.07, 6.45) is 3.22. The van der Waals surface area contributed by atoms with Gasteiger partial charge >= 0.3 is 0 Å². The molecule has 0 fully saturated rings. The number of pyridine rings is 1. The van der Waals surface area contributed by atoms with Crippen molar-refractivity contribution < 1.29 is 4.74 Å². The second-order valence-electron chi connectivity index (χ2n) is 3.73. The smallest absolute Gasteiger partial charge is 0.225 e. The summed E-state index contributed by atoms with van der Waals surface area (Å²) in [5.41, 5.74) is 2.60. The minimum Gasteiger partial charge on any atom is -0.477 e. The molecule has 0 aliphatic heterocycles. The Morgan fingerprint density at radius 3 is 3.05 bits per heavy atom. The standard InChI is InChI=1S/C12H10ClN5O/c1-2-19-11-7(4-3-5-14-11)8-9-10(16-6-15-9)18-12(13)17-8/h3-6H,2H2,1H3,(H,15,16,17,18). The molecule has 3 aromatic heterocycles. The predicted octanol–water partition coefficient (Wildman–Crippen LogP) is 2.47. The van der Waals surface area contributed by atoms with Gasteiger partial charge in [-0.3, -0.25) is 0 Å². The Morgan fingerprint density at radius 2 is 2.21 bits per heavy atom. The van der Waals surface area contributed by atoms with Crippen LogP contribution in [0.5, 0.6) is 5.88 Å². The molecule has 0 radical (unpaired) electrons. The minimum absolute atomic E-state index is 0.140. The predicted molar refractivity (Wildman–Crippen MR) is 71.1 cm³/mol. The average molecular weight is 276 g/mol. The molecule has 3 heterocycles. The van der Waals surface area contributed by atoms with Crippen LogP contribution in [0.25, 0.3) is 22.4 Å². The summed E-state index contributed by atoms with van der Waals surface area (Å²) in [4.78, 5) is 19.6. The first kappa shape index (κ1) is 11.9. The lowest BCUT2D eigenvalue weighted by molar-refractivity contribution is 0.328. The Bertz CT molecular complexity index is 727. The molecule has 1 N–H and O–H groups in total. The van der Waals surface area contributed by atoms with Crippen molar-refractivity contribution >= 4 is 22.8 Å². The number of H-pyrrole nitrogens is 1. The van der Waals surface area contributed by atoms with Crippen molar-refractivity contribution in [2.24, 2.45) is 0 Å². The molecule has 0 aromatic carbocycles. The summed E-state index contributed by atoms with van der Waals surface area (Å²) in [5, 5.41) is 0.140. The molecule has 3 rings (SSSR count). The van der Waals surface area contributed by atoms with Gasteiger partial charge in [0.15, 0.2) is 5.65 Å². The summed E-state index contributed by atoms with van der Waals surface area (Å²) >= 11 is 5.92. The number of halogens is 1. The van der Waals surface area contributed by atoms with Crippen LogP contribution >= 0.6 is 11.6 Å². The molecule has 96 valence electrons. The van der Waals surface area contributed by atoms with Gasteiger partial charge in [0.2, 0.25) is 11.2 Å². The fraction of sp³-hybridized carbons (Fsp3) is 0.167. The number of hydrogen-bond acceptors (Lipinski definition) is 5.